The van der Waals surface area contributed by atoms with Gasteiger partial charge in [-0.15, -0.1) is 0 Å². The maximum atomic E-state index is 11.8. The molecule has 4 heteroatoms. The van der Waals surface area contributed by atoms with Crippen molar-refractivity contribution >= 4 is 5.91 Å². The van der Waals surface area contributed by atoms with Crippen molar-refractivity contribution in [3.63, 3.8) is 0 Å². The van der Waals surface area contributed by atoms with Crippen molar-refractivity contribution < 1.29 is 9.90 Å². The topological polar surface area (TPSA) is 62.2 Å². The van der Waals surface area contributed by atoms with Crippen LogP contribution in [0, 0.1) is 12.8 Å². The number of nitrogens with one attached hydrogen (secondary N) is 1. The minimum Gasteiger partial charge on any atom is -0.396 e. The third-order valence-corrected chi connectivity index (χ3v) is 2.62. The summed E-state index contributed by atoms with van der Waals surface area (Å²) in [6.07, 6.45) is 0. The second kappa shape index (κ2) is 5.61. The first kappa shape index (κ1) is 12.6. The van der Waals surface area contributed by atoms with Gasteiger partial charge >= 0.3 is 0 Å². The number of carbonyl (C=O) groups is 1. The van der Waals surface area contributed by atoms with Crippen LogP contribution in [0.15, 0.2) is 18.2 Å². The van der Waals surface area contributed by atoms with Gasteiger partial charge in [-0.25, -0.2) is 4.98 Å². The van der Waals surface area contributed by atoms with Gasteiger partial charge in [0.15, 0.2) is 0 Å². The van der Waals surface area contributed by atoms with Crippen LogP contribution in [0.2, 0.25) is 0 Å². The SMILES string of the molecule is Cc1cccc(C(=O)NC(C)C(C)CO)n1. The van der Waals surface area contributed by atoms with Crippen molar-refractivity contribution in [2.24, 2.45) is 5.92 Å². The van der Waals surface area contributed by atoms with E-state index in [1.54, 1.807) is 12.1 Å². The van der Waals surface area contributed by atoms with Crippen LogP contribution in [0.3, 0.4) is 0 Å². The normalized spacial score (nSPS) is 14.2. The predicted octanol–water partition coefficient (Wildman–Crippen LogP) is 1.14. The average Bonchev–Trinajstić information content (AvgIpc) is 2.27. The highest BCUT2D eigenvalue weighted by molar-refractivity contribution is 5.92. The summed E-state index contributed by atoms with van der Waals surface area (Å²) in [6.45, 7) is 5.66. The van der Waals surface area contributed by atoms with Gasteiger partial charge in [0.05, 0.1) is 0 Å². The molecule has 1 aromatic rings. The molecule has 0 fully saturated rings. The van der Waals surface area contributed by atoms with Crippen LogP contribution in [0.1, 0.15) is 30.0 Å². The Morgan fingerprint density at radius 1 is 1.50 bits per heavy atom. The summed E-state index contributed by atoms with van der Waals surface area (Å²) in [4.78, 5) is 15.9. The number of aryl methyl sites for hydroxylation is 1. The maximum Gasteiger partial charge on any atom is 0.270 e. The molecule has 4 nitrogen and oxygen atoms in total. The second-order valence-corrected chi connectivity index (χ2v) is 4.09. The summed E-state index contributed by atoms with van der Waals surface area (Å²) in [5, 5.41) is 11.8. The Morgan fingerprint density at radius 3 is 2.75 bits per heavy atom. The number of hydrogen-bond donors (Lipinski definition) is 2. The number of aliphatic hydroxyl groups is 1. The number of carbonyl (C=O) groups excluding carboxylic acids is 1. The van der Waals surface area contributed by atoms with Gasteiger partial charge in [-0.3, -0.25) is 4.79 Å². The lowest BCUT2D eigenvalue weighted by Gasteiger charge is -2.18. The Labute approximate surface area is 95.7 Å². The van der Waals surface area contributed by atoms with E-state index in [2.05, 4.69) is 10.3 Å². The molecular weight excluding hydrogens is 204 g/mol. The first-order valence-electron chi connectivity index (χ1n) is 5.40. The number of aromatic nitrogens is 1. The standard InChI is InChI=1S/C12H18N2O2/c1-8(7-15)10(3)14-12(16)11-6-4-5-9(2)13-11/h4-6,8,10,15H,7H2,1-3H3,(H,14,16). The number of nitrogens with zero attached hydrogens (tertiary/aromatic N) is 1. The summed E-state index contributed by atoms with van der Waals surface area (Å²) in [5.74, 6) is -0.162. The predicted molar refractivity (Wildman–Crippen MR) is 62.2 cm³/mol. The first-order valence-corrected chi connectivity index (χ1v) is 5.40. The third kappa shape index (κ3) is 3.31. The lowest BCUT2D eigenvalue weighted by Crippen LogP contribution is -2.38. The minimum absolute atomic E-state index is 0.0359. The van der Waals surface area contributed by atoms with Gasteiger partial charge < -0.3 is 10.4 Å². The molecule has 2 unspecified atom stereocenters. The molecule has 1 heterocycles. The molecule has 0 aliphatic rings. The molecule has 0 aliphatic heterocycles. The molecule has 16 heavy (non-hydrogen) atoms. The quantitative estimate of drug-likeness (QED) is 0.803. The molecule has 88 valence electrons. The summed E-state index contributed by atoms with van der Waals surface area (Å²) in [6, 6.07) is 5.26. The fourth-order valence-electron chi connectivity index (χ4n) is 1.25. The van der Waals surface area contributed by atoms with Crippen LogP contribution in [0.5, 0.6) is 0 Å². The lowest BCUT2D eigenvalue weighted by atomic mass is 10.1. The smallest absolute Gasteiger partial charge is 0.270 e. The third-order valence-electron chi connectivity index (χ3n) is 2.62. The van der Waals surface area contributed by atoms with Crippen LogP contribution < -0.4 is 5.32 Å². The Bertz CT molecular complexity index is 366. The molecule has 1 amide bonds. The van der Waals surface area contributed by atoms with E-state index in [4.69, 9.17) is 5.11 Å². The highest BCUT2D eigenvalue weighted by Crippen LogP contribution is 2.03. The summed E-state index contributed by atoms with van der Waals surface area (Å²) < 4.78 is 0. The minimum atomic E-state index is -0.198. The molecule has 0 saturated heterocycles. The van der Waals surface area contributed by atoms with E-state index >= 15 is 0 Å². The second-order valence-electron chi connectivity index (χ2n) is 4.09. The van der Waals surface area contributed by atoms with Gasteiger partial charge in [0.1, 0.15) is 5.69 Å². The van der Waals surface area contributed by atoms with Gasteiger partial charge in [0, 0.05) is 18.3 Å². The van der Waals surface area contributed by atoms with Crippen molar-refractivity contribution in [1.29, 1.82) is 0 Å². The van der Waals surface area contributed by atoms with E-state index in [0.29, 0.717) is 5.69 Å². The first-order chi connectivity index (χ1) is 7.54. The van der Waals surface area contributed by atoms with E-state index in [0.717, 1.165) is 5.69 Å². The average molecular weight is 222 g/mol. The lowest BCUT2D eigenvalue weighted by molar-refractivity contribution is 0.0911. The van der Waals surface area contributed by atoms with Crippen molar-refractivity contribution in [3.8, 4) is 0 Å². The van der Waals surface area contributed by atoms with Crippen LogP contribution >= 0.6 is 0 Å². The van der Waals surface area contributed by atoms with Gasteiger partial charge in [-0.1, -0.05) is 13.0 Å². The fraction of sp³-hybridized carbons (Fsp3) is 0.500. The number of aliphatic hydroxyl groups excluding tert-OH is 1. The largest absolute Gasteiger partial charge is 0.396 e. The fourth-order valence-corrected chi connectivity index (χ4v) is 1.25. The Kier molecular flexibility index (Phi) is 4.43. The monoisotopic (exact) mass is 222 g/mol. The van der Waals surface area contributed by atoms with E-state index in [-0.39, 0.29) is 24.5 Å². The molecule has 1 aromatic heterocycles. The van der Waals surface area contributed by atoms with E-state index < -0.39 is 0 Å². The van der Waals surface area contributed by atoms with E-state index in [1.165, 1.54) is 0 Å². The molecule has 1 rings (SSSR count). The Hall–Kier alpha value is -1.42. The van der Waals surface area contributed by atoms with Gasteiger partial charge in [0.25, 0.3) is 5.91 Å². The summed E-state index contributed by atoms with van der Waals surface area (Å²) in [7, 11) is 0. The molecule has 0 aromatic carbocycles. The summed E-state index contributed by atoms with van der Waals surface area (Å²) in [5.41, 5.74) is 1.23. The van der Waals surface area contributed by atoms with Crippen molar-refractivity contribution in [3.05, 3.63) is 29.6 Å². The number of amides is 1. The molecule has 2 N–H and O–H groups in total. The summed E-state index contributed by atoms with van der Waals surface area (Å²) >= 11 is 0. The number of pyridine rings is 1. The van der Waals surface area contributed by atoms with E-state index in [1.807, 2.05) is 26.8 Å². The van der Waals surface area contributed by atoms with Crippen LogP contribution in [0.4, 0.5) is 0 Å². The molecule has 0 bridgehead atoms. The Morgan fingerprint density at radius 2 is 2.19 bits per heavy atom. The molecule has 2 atom stereocenters. The van der Waals surface area contributed by atoms with Crippen molar-refractivity contribution in [2.75, 3.05) is 6.61 Å². The van der Waals surface area contributed by atoms with Gasteiger partial charge in [-0.2, -0.15) is 0 Å². The van der Waals surface area contributed by atoms with Crippen LogP contribution in [0.25, 0.3) is 0 Å². The molecule has 0 spiro atoms. The van der Waals surface area contributed by atoms with E-state index in [9.17, 15) is 4.79 Å². The van der Waals surface area contributed by atoms with Crippen molar-refractivity contribution in [1.82, 2.24) is 10.3 Å². The zero-order chi connectivity index (χ0) is 12.1. The Balaban J connectivity index is 2.66. The molecule has 0 radical (unpaired) electrons. The zero-order valence-corrected chi connectivity index (χ0v) is 9.90. The molecule has 0 aliphatic carbocycles. The van der Waals surface area contributed by atoms with Crippen molar-refractivity contribution in [2.45, 2.75) is 26.8 Å². The van der Waals surface area contributed by atoms with Gasteiger partial charge in [0.2, 0.25) is 0 Å². The zero-order valence-electron chi connectivity index (χ0n) is 9.90. The number of rotatable bonds is 4. The maximum absolute atomic E-state index is 11.8. The van der Waals surface area contributed by atoms with Crippen LogP contribution in [-0.2, 0) is 0 Å². The molecular formula is C12H18N2O2. The van der Waals surface area contributed by atoms with Gasteiger partial charge in [-0.05, 0) is 31.9 Å². The highest BCUT2D eigenvalue weighted by Gasteiger charge is 2.15. The highest BCUT2D eigenvalue weighted by atomic mass is 16.3. The molecule has 0 saturated carbocycles. The number of hydrogen-bond acceptors (Lipinski definition) is 3. The van der Waals surface area contributed by atoms with Crippen LogP contribution in [-0.4, -0.2) is 28.6 Å².